The summed E-state index contributed by atoms with van der Waals surface area (Å²) in [6.45, 7) is 18.8. The topological polar surface area (TPSA) is 50.1 Å². The number of carbonyl (C=O) groups excluding carboxylic acids is 1. The minimum atomic E-state index is -1.73. The normalized spacial score (nSPS) is 45.4. The summed E-state index contributed by atoms with van der Waals surface area (Å²) in [6, 6.07) is 2.42. The van der Waals surface area contributed by atoms with Crippen LogP contribution in [0.1, 0.15) is 92.9 Å². The van der Waals surface area contributed by atoms with Gasteiger partial charge in [-0.1, -0.05) is 34.6 Å². The molecule has 4 aliphatic carbocycles. The fraction of sp³-hybridized carbons (Fsp3) is 0.929. The molecule has 0 aromatic rings. The number of Topliss-reactive ketones (excluding diaryl/α,β-unsaturated/α-hetero) is 1. The second kappa shape index (κ2) is 7.94. The number of carbonyl (C=O) groups is 1. The van der Waals surface area contributed by atoms with Gasteiger partial charge in [-0.2, -0.15) is 5.26 Å². The maximum absolute atomic E-state index is 13.1. The van der Waals surface area contributed by atoms with E-state index < -0.39 is 8.32 Å². The van der Waals surface area contributed by atoms with E-state index in [0.717, 1.165) is 24.7 Å². The van der Waals surface area contributed by atoms with Crippen molar-refractivity contribution in [1.29, 1.82) is 5.26 Å². The van der Waals surface area contributed by atoms with E-state index in [1.54, 1.807) is 0 Å². The van der Waals surface area contributed by atoms with Crippen LogP contribution in [-0.4, -0.2) is 20.2 Å². The Morgan fingerprint density at radius 2 is 1.72 bits per heavy atom. The first-order chi connectivity index (χ1) is 14.7. The van der Waals surface area contributed by atoms with Gasteiger partial charge < -0.3 is 4.43 Å². The summed E-state index contributed by atoms with van der Waals surface area (Å²) in [6.07, 6.45) is 9.85. The van der Waals surface area contributed by atoms with Crippen LogP contribution in [0, 0.1) is 57.7 Å². The second-order valence-corrected chi connectivity index (χ2v) is 18.8. The van der Waals surface area contributed by atoms with Crippen LogP contribution in [-0.2, 0) is 9.22 Å². The van der Waals surface area contributed by atoms with Crippen molar-refractivity contribution in [2.75, 3.05) is 0 Å². The molecule has 3 nitrogen and oxygen atoms in total. The Balaban J connectivity index is 1.51. The van der Waals surface area contributed by atoms with Crippen LogP contribution >= 0.6 is 0 Å². The smallest absolute Gasteiger partial charge is 0.192 e. The van der Waals surface area contributed by atoms with Crippen LogP contribution < -0.4 is 0 Å². The van der Waals surface area contributed by atoms with Gasteiger partial charge in [-0.05, 0) is 105 Å². The molecule has 0 bridgehead atoms. The van der Waals surface area contributed by atoms with Gasteiger partial charge in [-0.25, -0.2) is 0 Å². The van der Waals surface area contributed by atoms with Gasteiger partial charge >= 0.3 is 0 Å². The predicted molar refractivity (Wildman–Crippen MR) is 132 cm³/mol. The number of fused-ring (bicyclic) bond motifs is 5. The van der Waals surface area contributed by atoms with Crippen molar-refractivity contribution in [3.05, 3.63) is 0 Å². The van der Waals surface area contributed by atoms with Crippen molar-refractivity contribution >= 4 is 14.1 Å². The van der Waals surface area contributed by atoms with Crippen molar-refractivity contribution in [3.63, 3.8) is 0 Å². The zero-order valence-corrected chi connectivity index (χ0v) is 23.0. The summed E-state index contributed by atoms with van der Waals surface area (Å²) in [7, 11) is -1.73. The van der Waals surface area contributed by atoms with Gasteiger partial charge in [0.25, 0.3) is 0 Å². The van der Waals surface area contributed by atoms with Gasteiger partial charge in [-0.3, -0.25) is 4.79 Å². The Morgan fingerprint density at radius 3 is 2.34 bits per heavy atom. The number of hydrogen-bond acceptors (Lipinski definition) is 3. The van der Waals surface area contributed by atoms with Crippen LogP contribution in [0.5, 0.6) is 0 Å². The van der Waals surface area contributed by atoms with Crippen molar-refractivity contribution in [2.45, 2.75) is 117 Å². The van der Waals surface area contributed by atoms with Crippen molar-refractivity contribution < 1.29 is 9.22 Å². The number of ketones is 1. The molecule has 0 unspecified atom stereocenters. The Morgan fingerprint density at radius 1 is 1.06 bits per heavy atom. The van der Waals surface area contributed by atoms with Crippen LogP contribution in [0.2, 0.25) is 18.1 Å². The van der Waals surface area contributed by atoms with E-state index in [2.05, 4.69) is 53.8 Å². The third-order valence-electron chi connectivity index (χ3n) is 11.5. The molecule has 4 fully saturated rings. The molecular weight excluding hydrogens is 410 g/mol. The molecule has 0 aromatic carbocycles. The lowest BCUT2D eigenvalue weighted by molar-refractivity contribution is -0.129. The van der Waals surface area contributed by atoms with Gasteiger partial charge in [0, 0.05) is 18.4 Å². The van der Waals surface area contributed by atoms with E-state index in [1.165, 1.54) is 38.5 Å². The Hall–Kier alpha value is -0.663. The molecule has 0 saturated heterocycles. The van der Waals surface area contributed by atoms with Crippen LogP contribution in [0.4, 0.5) is 0 Å². The Labute approximate surface area is 198 Å². The zero-order chi connectivity index (χ0) is 23.7. The lowest BCUT2D eigenvalue weighted by atomic mass is 9.44. The average Bonchev–Trinajstić information content (AvgIpc) is 2.96. The summed E-state index contributed by atoms with van der Waals surface area (Å²) >= 11 is 0. The maximum atomic E-state index is 13.1. The molecule has 0 aliphatic heterocycles. The fourth-order valence-electron chi connectivity index (χ4n) is 8.67. The molecule has 9 atom stereocenters. The first-order valence-electron chi connectivity index (χ1n) is 13.3. The summed E-state index contributed by atoms with van der Waals surface area (Å²) in [5.41, 5.74) is 0.443. The van der Waals surface area contributed by atoms with Crippen LogP contribution in [0.3, 0.4) is 0 Å². The molecule has 4 heteroatoms. The first kappa shape index (κ1) is 24.5. The first-order valence-corrected chi connectivity index (χ1v) is 16.3. The summed E-state index contributed by atoms with van der Waals surface area (Å²) in [5.74, 6) is 2.87. The lowest BCUT2D eigenvalue weighted by Gasteiger charge is -2.61. The number of hydrogen-bond donors (Lipinski definition) is 0. The van der Waals surface area contributed by atoms with Gasteiger partial charge in [0.2, 0.25) is 0 Å². The van der Waals surface area contributed by atoms with Gasteiger partial charge in [0.15, 0.2) is 8.32 Å². The monoisotopic (exact) mass is 457 g/mol. The van der Waals surface area contributed by atoms with Crippen molar-refractivity contribution in [2.24, 2.45) is 46.3 Å². The molecule has 0 radical (unpaired) electrons. The van der Waals surface area contributed by atoms with Gasteiger partial charge in [-0.15, -0.1) is 0 Å². The van der Waals surface area contributed by atoms with Crippen LogP contribution in [0.25, 0.3) is 0 Å². The Kier molecular flexibility index (Phi) is 6.07. The Bertz CT molecular complexity index is 794. The molecule has 0 aromatic heterocycles. The van der Waals surface area contributed by atoms with E-state index in [4.69, 9.17) is 4.43 Å². The lowest BCUT2D eigenvalue weighted by Crippen LogP contribution is -2.55. The van der Waals surface area contributed by atoms with E-state index in [9.17, 15) is 10.1 Å². The summed E-state index contributed by atoms with van der Waals surface area (Å²) < 4.78 is 6.89. The molecule has 0 N–H and O–H groups in total. The maximum Gasteiger partial charge on any atom is 0.192 e. The molecule has 0 amide bonds. The predicted octanol–water partition coefficient (Wildman–Crippen LogP) is 7.37. The van der Waals surface area contributed by atoms with E-state index in [1.807, 2.05) is 6.92 Å². The third-order valence-corrected chi connectivity index (χ3v) is 16.0. The minimum Gasteiger partial charge on any atom is -0.414 e. The molecule has 4 rings (SSSR count). The van der Waals surface area contributed by atoms with E-state index >= 15 is 0 Å². The largest absolute Gasteiger partial charge is 0.414 e. The molecule has 0 heterocycles. The van der Waals surface area contributed by atoms with E-state index in [0.29, 0.717) is 29.1 Å². The molecule has 180 valence electrons. The highest BCUT2D eigenvalue weighted by atomic mass is 28.4. The summed E-state index contributed by atoms with van der Waals surface area (Å²) in [4.78, 5) is 13.1. The second-order valence-electron chi connectivity index (χ2n) is 14.0. The SMILES string of the molecule is C[C@H](C#N)[C@H]1C(=O)C[C@H]2[C@@H]3CC[C@H]4C[C@@H](O[Si](C)(C)C(C)(C)C)CC[C@]4(C)[C@H]3CC[C@]12C. The van der Waals surface area contributed by atoms with Crippen molar-refractivity contribution in [3.8, 4) is 6.07 Å². The number of rotatable bonds is 3. The number of nitrogens with zero attached hydrogens (tertiary/aromatic N) is 1. The molecule has 4 aliphatic rings. The fourth-order valence-corrected chi connectivity index (χ4v) is 10.1. The highest BCUT2D eigenvalue weighted by Crippen LogP contribution is 2.67. The molecule has 0 spiro atoms. The third kappa shape index (κ3) is 3.65. The zero-order valence-electron chi connectivity index (χ0n) is 22.0. The average molecular weight is 458 g/mol. The quantitative estimate of drug-likeness (QED) is 0.415. The highest BCUT2D eigenvalue weighted by molar-refractivity contribution is 6.74. The standard InChI is InChI=1S/C28H47NO2Si/c1-18(17-29)25-24(30)16-23-21-10-9-19-15-20(31-32(7,8)26(2,3)4)11-13-27(19,5)22(21)12-14-28(23,25)6/h18-23,25H,9-16H2,1-8H3/t18-,19+,20+,21-,22+,23+,25+,27+,28+/m1/s1. The van der Waals surface area contributed by atoms with Crippen LogP contribution in [0.15, 0.2) is 0 Å². The molecule has 32 heavy (non-hydrogen) atoms. The summed E-state index contributed by atoms with van der Waals surface area (Å²) in [5, 5.41) is 9.86. The highest BCUT2D eigenvalue weighted by Gasteiger charge is 2.63. The van der Waals surface area contributed by atoms with Crippen molar-refractivity contribution in [1.82, 2.24) is 0 Å². The molecular formula is C28H47NO2Si. The minimum absolute atomic E-state index is 0.0409. The van der Waals surface area contributed by atoms with E-state index in [-0.39, 0.29) is 22.3 Å². The van der Waals surface area contributed by atoms with Gasteiger partial charge in [0.1, 0.15) is 5.78 Å². The number of nitriles is 1. The van der Waals surface area contributed by atoms with Gasteiger partial charge in [0.05, 0.1) is 12.0 Å². The molecule has 4 saturated carbocycles.